The number of rotatable bonds is 6. The van der Waals surface area contributed by atoms with Gasteiger partial charge in [0.1, 0.15) is 17.7 Å². The third kappa shape index (κ3) is 3.94. The summed E-state index contributed by atoms with van der Waals surface area (Å²) in [5, 5.41) is 20.8. The molecule has 1 saturated heterocycles. The van der Waals surface area contributed by atoms with Crippen molar-refractivity contribution in [1.82, 2.24) is 30.4 Å². The van der Waals surface area contributed by atoms with Crippen molar-refractivity contribution in [3.63, 3.8) is 0 Å². The lowest BCUT2D eigenvalue weighted by atomic mass is 10.0. The Bertz CT molecular complexity index is 1130. The summed E-state index contributed by atoms with van der Waals surface area (Å²) in [6.45, 7) is 0.757. The molecule has 10 heteroatoms. The first kappa shape index (κ1) is 20.2. The second-order valence-corrected chi connectivity index (χ2v) is 9.28. The third-order valence-electron chi connectivity index (χ3n) is 7.13. The molecule has 172 valence electrons. The summed E-state index contributed by atoms with van der Waals surface area (Å²) in [5.41, 5.74) is 3.45. The molecule has 3 aromatic heterocycles. The van der Waals surface area contributed by atoms with E-state index in [-0.39, 0.29) is 11.9 Å². The average Bonchev–Trinajstić information content (AvgIpc) is 3.64. The fourth-order valence-electron chi connectivity index (χ4n) is 5.44. The number of fused-ring (bicyclic) bond motifs is 1. The smallest absolute Gasteiger partial charge is 0.248 e. The molecule has 1 atom stereocenters. The molecular weight excluding hydrogens is 418 g/mol. The molecule has 4 heterocycles. The first-order valence-electron chi connectivity index (χ1n) is 12.0. The lowest BCUT2D eigenvalue weighted by molar-refractivity contribution is -0.117. The molecule has 10 nitrogen and oxygen atoms in total. The maximum Gasteiger partial charge on any atom is 0.248 e. The molecule has 4 N–H and O–H groups in total. The zero-order valence-electron chi connectivity index (χ0n) is 18.6. The second-order valence-electron chi connectivity index (χ2n) is 9.28. The minimum absolute atomic E-state index is 0.0659. The Labute approximate surface area is 192 Å². The van der Waals surface area contributed by atoms with E-state index in [1.807, 2.05) is 4.90 Å². The van der Waals surface area contributed by atoms with Crippen LogP contribution in [0.15, 0.2) is 18.3 Å². The number of amides is 1. The van der Waals surface area contributed by atoms with Crippen LogP contribution in [-0.2, 0) is 17.6 Å². The van der Waals surface area contributed by atoms with Crippen LogP contribution in [0.4, 0.5) is 23.4 Å². The summed E-state index contributed by atoms with van der Waals surface area (Å²) in [7, 11) is 0. The van der Waals surface area contributed by atoms with Gasteiger partial charge in [-0.1, -0.05) is 12.8 Å². The van der Waals surface area contributed by atoms with Crippen LogP contribution in [0.3, 0.4) is 0 Å². The number of nitrogens with zero attached hydrogens (tertiary/aromatic N) is 5. The van der Waals surface area contributed by atoms with Gasteiger partial charge in [0.25, 0.3) is 0 Å². The molecule has 1 amide bonds. The van der Waals surface area contributed by atoms with Crippen molar-refractivity contribution in [3.8, 4) is 0 Å². The molecular formula is C23H29N9O. The lowest BCUT2D eigenvalue weighted by Gasteiger charge is -2.25. The van der Waals surface area contributed by atoms with Crippen LogP contribution in [0, 0.1) is 0 Å². The topological polar surface area (TPSA) is 128 Å². The predicted octanol–water partition coefficient (Wildman–Crippen LogP) is 3.42. The van der Waals surface area contributed by atoms with Crippen LogP contribution in [0.1, 0.15) is 67.8 Å². The molecule has 0 bridgehead atoms. The first-order chi connectivity index (χ1) is 16.2. The van der Waals surface area contributed by atoms with Crippen LogP contribution in [0.2, 0.25) is 0 Å². The maximum absolute atomic E-state index is 12.9. The lowest BCUT2D eigenvalue weighted by Crippen LogP contribution is -2.40. The summed E-state index contributed by atoms with van der Waals surface area (Å²) < 4.78 is 0. The van der Waals surface area contributed by atoms with Gasteiger partial charge in [-0.05, 0) is 44.9 Å². The molecule has 0 spiro atoms. The number of hydrogen-bond acceptors (Lipinski definition) is 7. The van der Waals surface area contributed by atoms with Crippen LogP contribution < -0.4 is 15.5 Å². The summed E-state index contributed by atoms with van der Waals surface area (Å²) >= 11 is 0. The molecule has 1 saturated carbocycles. The predicted molar refractivity (Wildman–Crippen MR) is 125 cm³/mol. The van der Waals surface area contributed by atoms with Crippen molar-refractivity contribution in [2.45, 2.75) is 69.7 Å². The molecule has 0 aromatic carbocycles. The van der Waals surface area contributed by atoms with Gasteiger partial charge in [0.15, 0.2) is 5.82 Å². The molecule has 33 heavy (non-hydrogen) atoms. The van der Waals surface area contributed by atoms with E-state index in [9.17, 15) is 4.79 Å². The van der Waals surface area contributed by atoms with Crippen molar-refractivity contribution in [2.24, 2.45) is 0 Å². The van der Waals surface area contributed by atoms with Gasteiger partial charge in [-0.3, -0.25) is 15.0 Å². The summed E-state index contributed by atoms with van der Waals surface area (Å²) in [6.07, 6.45) is 11.3. The van der Waals surface area contributed by atoms with E-state index in [2.05, 4.69) is 37.1 Å². The van der Waals surface area contributed by atoms with E-state index in [1.165, 1.54) is 36.9 Å². The Hall–Kier alpha value is -3.43. The number of H-pyrrole nitrogens is 2. The van der Waals surface area contributed by atoms with Crippen molar-refractivity contribution in [1.29, 1.82) is 0 Å². The number of hydrogen-bond donors (Lipinski definition) is 4. The Morgan fingerprint density at radius 2 is 1.97 bits per heavy atom. The summed E-state index contributed by atoms with van der Waals surface area (Å²) in [4.78, 5) is 24.8. The van der Waals surface area contributed by atoms with Crippen molar-refractivity contribution in [3.05, 3.63) is 35.3 Å². The Kier molecular flexibility index (Phi) is 5.20. The number of carbonyl (C=O) groups is 1. The molecule has 6 rings (SSSR count). The number of aromatic nitrogens is 6. The fourth-order valence-corrected chi connectivity index (χ4v) is 5.44. The Balaban J connectivity index is 1.25. The zero-order valence-corrected chi connectivity index (χ0v) is 18.6. The molecule has 3 aromatic rings. The van der Waals surface area contributed by atoms with Crippen LogP contribution >= 0.6 is 0 Å². The van der Waals surface area contributed by atoms with Crippen molar-refractivity contribution in [2.75, 3.05) is 22.1 Å². The molecule has 2 aliphatic carbocycles. The summed E-state index contributed by atoms with van der Waals surface area (Å²) in [5.74, 6) is 3.34. The van der Waals surface area contributed by atoms with Gasteiger partial charge in [0.2, 0.25) is 11.9 Å². The number of nitrogens with one attached hydrogen (secondary N) is 4. The van der Waals surface area contributed by atoms with Crippen LogP contribution in [0.25, 0.3) is 0 Å². The molecule has 0 radical (unpaired) electrons. The van der Waals surface area contributed by atoms with Crippen molar-refractivity contribution >= 4 is 29.3 Å². The highest BCUT2D eigenvalue weighted by atomic mass is 16.2. The number of carbonyl (C=O) groups excluding carboxylic acids is 1. The minimum Gasteiger partial charge on any atom is -0.329 e. The highest BCUT2D eigenvalue weighted by Gasteiger charge is 2.34. The van der Waals surface area contributed by atoms with E-state index >= 15 is 0 Å². The minimum atomic E-state index is -0.306. The molecule has 2 fully saturated rings. The Morgan fingerprint density at radius 3 is 2.82 bits per heavy atom. The third-order valence-corrected chi connectivity index (χ3v) is 7.13. The largest absolute Gasteiger partial charge is 0.329 e. The van der Waals surface area contributed by atoms with Gasteiger partial charge >= 0.3 is 0 Å². The van der Waals surface area contributed by atoms with E-state index in [4.69, 9.17) is 9.97 Å². The van der Waals surface area contributed by atoms with E-state index < -0.39 is 0 Å². The van der Waals surface area contributed by atoms with Gasteiger partial charge in [0.05, 0.1) is 11.9 Å². The highest BCUT2D eigenvalue weighted by Crippen LogP contribution is 2.35. The van der Waals surface area contributed by atoms with Crippen LogP contribution in [0.5, 0.6) is 0 Å². The van der Waals surface area contributed by atoms with Crippen LogP contribution in [-0.4, -0.2) is 48.9 Å². The molecule has 1 aliphatic heterocycles. The van der Waals surface area contributed by atoms with Gasteiger partial charge < -0.3 is 15.5 Å². The molecule has 3 aliphatic rings. The highest BCUT2D eigenvalue weighted by molar-refractivity contribution is 5.96. The van der Waals surface area contributed by atoms with Gasteiger partial charge in [-0.15, -0.1) is 0 Å². The number of aryl methyl sites for hydroxylation is 1. The van der Waals surface area contributed by atoms with Gasteiger partial charge in [-0.25, -0.2) is 4.98 Å². The standard InChI is InChI=1S/C23H29N9O/c33-22(27-19-10-11-24-30-19)18-9-4-12-32(18)23-25-16-8-3-7-15(16)21(28-23)26-20-13-17(29-31-20)14-5-1-2-6-14/h10-11,13-14,18H,1-9,12H2,(H2,24,27,30,33)(H2,25,26,28,29,31). The average molecular weight is 448 g/mol. The van der Waals surface area contributed by atoms with E-state index in [0.717, 1.165) is 56.0 Å². The van der Waals surface area contributed by atoms with E-state index in [0.29, 0.717) is 17.7 Å². The van der Waals surface area contributed by atoms with E-state index in [1.54, 1.807) is 12.3 Å². The monoisotopic (exact) mass is 447 g/mol. The SMILES string of the molecule is O=C(Nc1ccn[nH]1)C1CCCN1c1nc2c(c(Nc3cc(C4CCCC4)[nH]n3)n1)CCC2. The number of anilines is 4. The van der Waals surface area contributed by atoms with Crippen molar-refractivity contribution < 1.29 is 4.79 Å². The summed E-state index contributed by atoms with van der Waals surface area (Å²) in [6, 6.07) is 3.56. The maximum atomic E-state index is 12.9. The molecule has 1 unspecified atom stereocenters. The zero-order chi connectivity index (χ0) is 22.2. The second kappa shape index (κ2) is 8.49. The first-order valence-corrected chi connectivity index (χ1v) is 12.0. The Morgan fingerprint density at radius 1 is 1.06 bits per heavy atom. The number of aromatic amines is 2. The quantitative estimate of drug-likeness (QED) is 0.456. The van der Waals surface area contributed by atoms with Gasteiger partial charge in [-0.2, -0.15) is 15.2 Å². The normalized spacial score (nSPS) is 20.4. The van der Waals surface area contributed by atoms with Gasteiger partial charge in [0, 0.05) is 35.9 Å². The fraction of sp³-hybridized carbons (Fsp3) is 0.522.